The maximum Gasteiger partial charge on any atom is 0.410 e. The van der Waals surface area contributed by atoms with Gasteiger partial charge in [0.25, 0.3) is 0 Å². The zero-order valence-corrected chi connectivity index (χ0v) is 16.2. The largest absolute Gasteiger partial charge is 0.487 e. The van der Waals surface area contributed by atoms with E-state index in [-0.39, 0.29) is 6.09 Å². The maximum absolute atomic E-state index is 12.2. The molecule has 0 atom stereocenters. The molecule has 3 rings (SSSR count). The minimum absolute atomic E-state index is 0.250. The zero-order valence-electron chi connectivity index (χ0n) is 16.2. The molecule has 0 saturated carbocycles. The van der Waals surface area contributed by atoms with Crippen molar-refractivity contribution in [2.45, 2.75) is 33.0 Å². The summed E-state index contributed by atoms with van der Waals surface area (Å²) in [7, 11) is 0. The number of piperazine rings is 1. The van der Waals surface area contributed by atoms with Crippen molar-refractivity contribution in [3.8, 4) is 5.75 Å². The van der Waals surface area contributed by atoms with Crippen LogP contribution in [0.5, 0.6) is 5.75 Å². The average Bonchev–Trinajstić information content (AvgIpc) is 2.66. The topological polar surface area (TPSA) is 54.9 Å². The van der Waals surface area contributed by atoms with Gasteiger partial charge in [-0.1, -0.05) is 30.3 Å². The number of nitrogens with zero attached hydrogens (tertiary/aromatic N) is 3. The number of hydrogen-bond acceptors (Lipinski definition) is 5. The number of hydrogen-bond donors (Lipinski definition) is 0. The molecule has 0 N–H and O–H groups in total. The highest BCUT2D eigenvalue weighted by Crippen LogP contribution is 2.22. The number of pyridine rings is 1. The van der Waals surface area contributed by atoms with Crippen LogP contribution in [-0.4, -0.2) is 47.8 Å². The first-order valence-electron chi connectivity index (χ1n) is 9.25. The Kier molecular flexibility index (Phi) is 5.84. The Balaban J connectivity index is 1.54. The van der Waals surface area contributed by atoms with Gasteiger partial charge >= 0.3 is 6.09 Å². The van der Waals surface area contributed by atoms with Crippen LogP contribution in [0.2, 0.25) is 0 Å². The second kappa shape index (κ2) is 8.29. The fourth-order valence-corrected chi connectivity index (χ4v) is 2.87. The fraction of sp³-hybridized carbons (Fsp3) is 0.429. The number of ether oxygens (including phenoxy) is 2. The summed E-state index contributed by atoms with van der Waals surface area (Å²) >= 11 is 0. The predicted octanol–water partition coefficient (Wildman–Crippen LogP) is 3.72. The normalized spacial score (nSPS) is 14.8. The molecule has 1 aromatic heterocycles. The molecule has 0 spiro atoms. The summed E-state index contributed by atoms with van der Waals surface area (Å²) in [6, 6.07) is 12.1. The van der Waals surface area contributed by atoms with E-state index in [1.54, 1.807) is 11.1 Å². The standard InChI is InChI=1S/C21H27N3O3/c1-21(2,3)27-20(25)24-11-9-23(10-12-24)18-13-19(15-22-14-18)26-16-17-7-5-4-6-8-17/h4-8,13-15H,9-12,16H2,1-3H3. The average molecular weight is 369 g/mol. The van der Waals surface area contributed by atoms with Crippen LogP contribution < -0.4 is 9.64 Å². The number of carbonyl (C=O) groups is 1. The summed E-state index contributed by atoms with van der Waals surface area (Å²) in [5.41, 5.74) is 1.65. The van der Waals surface area contributed by atoms with Crippen molar-refractivity contribution in [1.29, 1.82) is 0 Å². The van der Waals surface area contributed by atoms with E-state index in [0.29, 0.717) is 19.7 Å². The maximum atomic E-state index is 12.2. The molecule has 1 fully saturated rings. The Morgan fingerprint density at radius 1 is 1.07 bits per heavy atom. The molecule has 1 aliphatic rings. The molecule has 0 bridgehead atoms. The van der Waals surface area contributed by atoms with Gasteiger partial charge in [-0.2, -0.15) is 0 Å². The fourth-order valence-electron chi connectivity index (χ4n) is 2.87. The molecule has 6 nitrogen and oxygen atoms in total. The number of carbonyl (C=O) groups excluding carboxylic acids is 1. The van der Waals surface area contributed by atoms with E-state index in [9.17, 15) is 4.79 Å². The molecule has 0 radical (unpaired) electrons. The van der Waals surface area contributed by atoms with E-state index in [1.807, 2.05) is 63.4 Å². The van der Waals surface area contributed by atoms with Gasteiger partial charge in [0.15, 0.2) is 0 Å². The van der Waals surface area contributed by atoms with Crippen LogP contribution in [0.1, 0.15) is 26.3 Å². The van der Waals surface area contributed by atoms with E-state index in [2.05, 4.69) is 9.88 Å². The van der Waals surface area contributed by atoms with Crippen molar-refractivity contribution >= 4 is 11.8 Å². The van der Waals surface area contributed by atoms with Crippen LogP contribution in [0.15, 0.2) is 48.8 Å². The van der Waals surface area contributed by atoms with Gasteiger partial charge in [-0.3, -0.25) is 4.98 Å². The molecule has 0 aliphatic carbocycles. The third-order valence-electron chi connectivity index (χ3n) is 4.24. The van der Waals surface area contributed by atoms with Crippen LogP contribution >= 0.6 is 0 Å². The highest BCUT2D eigenvalue weighted by molar-refractivity contribution is 5.68. The number of benzene rings is 1. The number of amides is 1. The monoisotopic (exact) mass is 369 g/mol. The summed E-state index contributed by atoms with van der Waals surface area (Å²) in [6.07, 6.45) is 3.31. The molecule has 2 heterocycles. The molecular weight excluding hydrogens is 342 g/mol. The first-order valence-corrected chi connectivity index (χ1v) is 9.25. The Bertz CT molecular complexity index is 751. The van der Waals surface area contributed by atoms with Crippen LogP contribution in [0.3, 0.4) is 0 Å². The Morgan fingerprint density at radius 3 is 2.44 bits per heavy atom. The third-order valence-corrected chi connectivity index (χ3v) is 4.24. The van der Waals surface area contributed by atoms with Crippen LogP contribution in [0, 0.1) is 0 Å². The van der Waals surface area contributed by atoms with Gasteiger partial charge in [-0.15, -0.1) is 0 Å². The number of aromatic nitrogens is 1. The lowest BCUT2D eigenvalue weighted by molar-refractivity contribution is 0.0240. The second-order valence-corrected chi connectivity index (χ2v) is 7.61. The molecule has 1 aliphatic heterocycles. The van der Waals surface area contributed by atoms with Gasteiger partial charge in [-0.25, -0.2) is 4.79 Å². The molecule has 2 aromatic rings. The van der Waals surface area contributed by atoms with Crippen molar-refractivity contribution in [2.75, 3.05) is 31.1 Å². The van der Waals surface area contributed by atoms with Crippen molar-refractivity contribution in [3.63, 3.8) is 0 Å². The van der Waals surface area contributed by atoms with E-state index < -0.39 is 5.60 Å². The minimum Gasteiger partial charge on any atom is -0.487 e. The highest BCUT2D eigenvalue weighted by Gasteiger charge is 2.26. The predicted molar refractivity (Wildman–Crippen MR) is 105 cm³/mol. The van der Waals surface area contributed by atoms with Crippen LogP contribution in [0.4, 0.5) is 10.5 Å². The lowest BCUT2D eigenvalue weighted by atomic mass is 10.2. The Hall–Kier alpha value is -2.76. The van der Waals surface area contributed by atoms with Crippen molar-refractivity contribution in [1.82, 2.24) is 9.88 Å². The molecule has 6 heteroatoms. The number of anilines is 1. The van der Waals surface area contributed by atoms with Gasteiger partial charge in [0.1, 0.15) is 18.0 Å². The summed E-state index contributed by atoms with van der Waals surface area (Å²) in [5, 5.41) is 0. The Morgan fingerprint density at radius 2 is 1.78 bits per heavy atom. The highest BCUT2D eigenvalue weighted by atomic mass is 16.6. The first-order chi connectivity index (χ1) is 12.9. The lowest BCUT2D eigenvalue weighted by Crippen LogP contribution is -2.50. The van der Waals surface area contributed by atoms with Crippen molar-refractivity contribution in [2.24, 2.45) is 0 Å². The van der Waals surface area contributed by atoms with Crippen LogP contribution in [-0.2, 0) is 11.3 Å². The lowest BCUT2D eigenvalue weighted by Gasteiger charge is -2.36. The van der Waals surface area contributed by atoms with Gasteiger partial charge < -0.3 is 19.3 Å². The van der Waals surface area contributed by atoms with Crippen LogP contribution in [0.25, 0.3) is 0 Å². The molecular formula is C21H27N3O3. The number of rotatable bonds is 4. The van der Waals surface area contributed by atoms with E-state index in [4.69, 9.17) is 9.47 Å². The van der Waals surface area contributed by atoms with Crippen molar-refractivity contribution in [3.05, 3.63) is 54.4 Å². The quantitative estimate of drug-likeness (QED) is 0.822. The first kappa shape index (κ1) is 19.0. The van der Waals surface area contributed by atoms with Gasteiger partial charge in [-0.05, 0) is 26.3 Å². The SMILES string of the molecule is CC(C)(C)OC(=O)N1CCN(c2cncc(OCc3ccccc3)c2)CC1. The zero-order chi connectivity index (χ0) is 19.3. The third kappa shape index (κ3) is 5.61. The summed E-state index contributed by atoms with van der Waals surface area (Å²) in [4.78, 5) is 20.5. The van der Waals surface area contributed by atoms with Gasteiger partial charge in [0, 0.05) is 32.2 Å². The molecule has 1 aromatic carbocycles. The van der Waals surface area contributed by atoms with Crippen molar-refractivity contribution < 1.29 is 14.3 Å². The summed E-state index contributed by atoms with van der Waals surface area (Å²) in [5.74, 6) is 0.742. The van der Waals surface area contributed by atoms with Gasteiger partial charge in [0.2, 0.25) is 0 Å². The smallest absolute Gasteiger partial charge is 0.410 e. The molecule has 144 valence electrons. The molecule has 27 heavy (non-hydrogen) atoms. The molecule has 1 amide bonds. The molecule has 0 unspecified atom stereocenters. The second-order valence-electron chi connectivity index (χ2n) is 7.61. The minimum atomic E-state index is -0.470. The molecule has 1 saturated heterocycles. The van der Waals surface area contributed by atoms with E-state index >= 15 is 0 Å². The van der Waals surface area contributed by atoms with E-state index in [0.717, 1.165) is 30.1 Å². The van der Waals surface area contributed by atoms with E-state index in [1.165, 1.54) is 0 Å². The summed E-state index contributed by atoms with van der Waals surface area (Å²) < 4.78 is 11.3. The summed E-state index contributed by atoms with van der Waals surface area (Å²) in [6.45, 7) is 8.90. The Labute approximate surface area is 160 Å². The van der Waals surface area contributed by atoms with Gasteiger partial charge in [0.05, 0.1) is 18.1 Å².